The number of nitrogens with one attached hydrogen (secondary N) is 3. The van der Waals surface area contributed by atoms with Crippen LogP contribution in [-0.2, 0) is 78.5 Å². The van der Waals surface area contributed by atoms with Crippen LogP contribution in [0.1, 0.15) is 94.9 Å². The molecular formula is C61H72ClN5O12. The summed E-state index contributed by atoms with van der Waals surface area (Å²) in [6.45, 7) is 6.30. The van der Waals surface area contributed by atoms with Crippen LogP contribution >= 0.6 is 11.6 Å². The summed E-state index contributed by atoms with van der Waals surface area (Å²) in [4.78, 5) is 133. The Bertz CT molecular complexity index is 2810. The molecule has 0 spiro atoms. The van der Waals surface area contributed by atoms with Crippen LogP contribution in [0.25, 0.3) is 0 Å². The highest BCUT2D eigenvalue weighted by Gasteiger charge is 2.47. The third-order valence-corrected chi connectivity index (χ3v) is 15.4. The number of benzene rings is 4. The number of ketones is 2. The van der Waals surface area contributed by atoms with E-state index in [1.807, 2.05) is 6.07 Å². The fourth-order valence-electron chi connectivity index (χ4n) is 10.3. The van der Waals surface area contributed by atoms with Crippen molar-refractivity contribution in [2.45, 2.75) is 141 Å². The van der Waals surface area contributed by atoms with Crippen LogP contribution in [0.3, 0.4) is 0 Å². The molecule has 5 amide bonds. The molecule has 4 N–H and O–H groups in total. The van der Waals surface area contributed by atoms with Gasteiger partial charge in [0.15, 0.2) is 11.6 Å². The highest BCUT2D eigenvalue weighted by molar-refractivity contribution is 6.30. The Labute approximate surface area is 466 Å². The van der Waals surface area contributed by atoms with Crippen LogP contribution in [0.15, 0.2) is 115 Å². The fourth-order valence-corrected chi connectivity index (χ4v) is 10.5. The lowest BCUT2D eigenvalue weighted by molar-refractivity contribution is -0.167. The largest absolute Gasteiger partial charge is 0.461 e. The van der Waals surface area contributed by atoms with Gasteiger partial charge in [-0.1, -0.05) is 136 Å². The van der Waals surface area contributed by atoms with Crippen molar-refractivity contribution in [3.05, 3.63) is 143 Å². The van der Waals surface area contributed by atoms with E-state index < -0.39 is 126 Å². The molecule has 0 aromatic heterocycles. The number of nitrogens with zero attached hydrogens (tertiary/aromatic N) is 2. The highest BCUT2D eigenvalue weighted by atomic mass is 35.5. The minimum absolute atomic E-state index is 0.00221. The average Bonchev–Trinajstić information content (AvgIpc) is 4.32. The molecule has 2 aliphatic heterocycles. The maximum Gasteiger partial charge on any atom is 0.329 e. The van der Waals surface area contributed by atoms with E-state index in [-0.39, 0.29) is 57.5 Å². The number of carbonyl (C=O) groups excluding carboxylic acids is 9. The quantitative estimate of drug-likeness (QED) is 0.0907. The molecule has 17 nitrogen and oxygen atoms in total. The second kappa shape index (κ2) is 27.6. The van der Waals surface area contributed by atoms with Crippen molar-refractivity contribution >= 4 is 64.6 Å². The summed E-state index contributed by atoms with van der Waals surface area (Å²) < 4.78 is 11.5. The zero-order valence-corrected chi connectivity index (χ0v) is 46.1. The molecule has 7 rings (SSSR count). The number of piperidine rings is 1. The Balaban J connectivity index is 1.22. The van der Waals surface area contributed by atoms with Crippen molar-refractivity contribution in [1.29, 1.82) is 0 Å². The van der Waals surface area contributed by atoms with E-state index in [2.05, 4.69) is 16.0 Å². The van der Waals surface area contributed by atoms with Gasteiger partial charge in [0.05, 0.1) is 24.4 Å². The summed E-state index contributed by atoms with van der Waals surface area (Å²) in [7, 11) is 1.44. The minimum Gasteiger partial charge on any atom is -0.461 e. The number of halogens is 1. The van der Waals surface area contributed by atoms with Crippen LogP contribution in [0.5, 0.6) is 0 Å². The van der Waals surface area contributed by atoms with Gasteiger partial charge in [-0.25, -0.2) is 4.79 Å². The zero-order chi connectivity index (χ0) is 56.9. The number of hydrogen-bond acceptors (Lipinski definition) is 12. The average molecular weight is 1100 g/mol. The van der Waals surface area contributed by atoms with Crippen LogP contribution in [-0.4, -0.2) is 118 Å². The maximum absolute atomic E-state index is 15.2. The van der Waals surface area contributed by atoms with E-state index in [0.29, 0.717) is 34.6 Å². The molecule has 3 fully saturated rings. The number of ether oxygens (including phenoxy) is 2. The van der Waals surface area contributed by atoms with Crippen LogP contribution in [0.4, 0.5) is 0 Å². The molecule has 0 radical (unpaired) electrons. The first-order chi connectivity index (χ1) is 37.8. The minimum atomic E-state index is -1.48. The van der Waals surface area contributed by atoms with E-state index in [1.54, 1.807) is 123 Å². The zero-order valence-electron chi connectivity index (χ0n) is 45.4. The third kappa shape index (κ3) is 16.2. The Morgan fingerprint density at radius 3 is 1.94 bits per heavy atom. The number of cyclic esters (lactones) is 1. The molecule has 420 valence electrons. The number of Topliss-reactive ketones (excluding diaryl/α,β-unsaturated/α-hetero) is 2. The van der Waals surface area contributed by atoms with Crippen molar-refractivity contribution < 1.29 is 57.7 Å². The van der Waals surface area contributed by atoms with Gasteiger partial charge in [-0.3, -0.25) is 38.4 Å². The van der Waals surface area contributed by atoms with E-state index in [0.717, 1.165) is 10.5 Å². The van der Waals surface area contributed by atoms with Gasteiger partial charge in [0.1, 0.15) is 37.1 Å². The number of amides is 5. The molecular weight excluding hydrogens is 1030 g/mol. The molecule has 4 aromatic rings. The number of aliphatic hydroxyl groups excluding tert-OH is 1. The van der Waals surface area contributed by atoms with Gasteiger partial charge < -0.3 is 40.3 Å². The molecule has 10 atom stereocenters. The normalized spacial score (nSPS) is 24.5. The second-order valence-electron chi connectivity index (χ2n) is 21.7. The topological polar surface area (TPSA) is 235 Å². The number of aliphatic hydroxyl groups is 1. The summed E-state index contributed by atoms with van der Waals surface area (Å²) in [5.41, 5.74) is 2.66. The lowest BCUT2D eigenvalue weighted by Gasteiger charge is -2.43. The summed E-state index contributed by atoms with van der Waals surface area (Å²) >= 11 is 6.36. The Hall–Kier alpha value is -7.24. The van der Waals surface area contributed by atoms with E-state index >= 15 is 4.79 Å². The smallest absolute Gasteiger partial charge is 0.329 e. The molecule has 2 bridgehead atoms. The fraction of sp³-hybridized carbons (Fsp3) is 0.459. The van der Waals surface area contributed by atoms with Gasteiger partial charge in [0.2, 0.25) is 29.5 Å². The number of likely N-dealkylation sites (N-methyl/N-ethyl adjacent to an activating group) is 1. The van der Waals surface area contributed by atoms with Gasteiger partial charge in [0.25, 0.3) is 0 Å². The van der Waals surface area contributed by atoms with E-state index in [1.165, 1.54) is 25.8 Å². The highest BCUT2D eigenvalue weighted by Crippen LogP contribution is 2.36. The summed E-state index contributed by atoms with van der Waals surface area (Å²) in [6, 6.07) is 27.2. The Morgan fingerprint density at radius 2 is 1.34 bits per heavy atom. The van der Waals surface area contributed by atoms with Crippen molar-refractivity contribution in [2.24, 2.45) is 29.6 Å². The number of esters is 2. The molecule has 3 aliphatic rings. The molecule has 1 aliphatic carbocycles. The lowest BCUT2D eigenvalue weighted by atomic mass is 9.86. The van der Waals surface area contributed by atoms with Crippen LogP contribution < -0.4 is 16.0 Å². The molecule has 4 aromatic carbocycles. The number of hydrogen-bond donors (Lipinski definition) is 4. The lowest BCUT2D eigenvalue weighted by Crippen LogP contribution is -2.62. The van der Waals surface area contributed by atoms with Gasteiger partial charge in [-0.05, 0) is 85.3 Å². The van der Waals surface area contributed by atoms with E-state index in [9.17, 15) is 43.5 Å². The summed E-state index contributed by atoms with van der Waals surface area (Å²) in [6.07, 6.45) is -2.96. The number of rotatable bonds is 17. The number of carbonyl (C=O) groups is 9. The summed E-state index contributed by atoms with van der Waals surface area (Å²) in [5.74, 6) is -10.6. The first-order valence-corrected chi connectivity index (χ1v) is 27.6. The first kappa shape index (κ1) is 59.4. The first-order valence-electron chi connectivity index (χ1n) is 27.2. The van der Waals surface area contributed by atoms with Crippen molar-refractivity contribution in [3.8, 4) is 0 Å². The van der Waals surface area contributed by atoms with Gasteiger partial charge in [-0.15, -0.1) is 0 Å². The molecule has 0 unspecified atom stereocenters. The SMILES string of the molecule is CC(C)[C@@H]1NC(=O)[C@H](Cc2ccccc2)N(C)C(=O)[C@H](Cc2ccccc2)N2C(=O)[C@H](CC[C@H]2O)CC(=O)[C@H](C2CC2)NC(=O)[C@@H](CC(=O)[C@H](Cc2cccc(Cl)c2)NC(=O)[C@H](C)CC(=O)OCc2ccccc2)[C@@H](C)OC1=O. The van der Waals surface area contributed by atoms with Gasteiger partial charge in [0, 0.05) is 49.6 Å². The van der Waals surface area contributed by atoms with Gasteiger partial charge in [-0.2, -0.15) is 0 Å². The predicted molar refractivity (Wildman–Crippen MR) is 293 cm³/mol. The monoisotopic (exact) mass is 1100 g/mol. The molecule has 18 heteroatoms. The van der Waals surface area contributed by atoms with Crippen molar-refractivity contribution in [3.63, 3.8) is 0 Å². The number of fused-ring (bicyclic) bond motifs is 2. The molecule has 2 heterocycles. The molecule has 2 saturated heterocycles. The molecule has 79 heavy (non-hydrogen) atoms. The third-order valence-electron chi connectivity index (χ3n) is 15.2. The van der Waals surface area contributed by atoms with Gasteiger partial charge >= 0.3 is 11.9 Å². The molecule has 1 saturated carbocycles. The maximum atomic E-state index is 15.2. The van der Waals surface area contributed by atoms with Crippen LogP contribution in [0.2, 0.25) is 5.02 Å². The van der Waals surface area contributed by atoms with E-state index in [4.69, 9.17) is 21.1 Å². The van der Waals surface area contributed by atoms with Crippen LogP contribution in [0, 0.1) is 29.6 Å². The standard InChI is InChI=1S/C61H72ClN5O12/c1-36(2)54-61(77)79-38(4)46(34-50(68)47(30-42-22-15-23-45(62)29-42)63-56(72)37(3)28-53(71)78-35-41-20-13-8-14-21-41)57(73)65-55(43-24-25-43)51(69)33-44-26-27-52(70)67(59(44)75)49(32-40-18-11-7-12-19-40)60(76)66(5)48(58(74)64-54)31-39-16-9-6-10-17-39/h6-23,29,36-38,43-44,46-49,52,54-55,70H,24-28,30-35H2,1-5H3,(H,63,72)(H,64,74)(H,65,73)/t37-,38-,44-,46+,47+,48+,49+,52-,54+,55+/m1/s1. The van der Waals surface area contributed by atoms with Crippen molar-refractivity contribution in [2.75, 3.05) is 7.05 Å². The second-order valence-corrected chi connectivity index (χ2v) is 22.1. The Kier molecular flexibility index (Phi) is 20.7. The summed E-state index contributed by atoms with van der Waals surface area (Å²) in [5, 5.41) is 20.5. The Morgan fingerprint density at radius 1 is 0.747 bits per heavy atom. The van der Waals surface area contributed by atoms with Crippen molar-refractivity contribution in [1.82, 2.24) is 25.8 Å². The predicted octanol–water partition coefficient (Wildman–Crippen LogP) is 5.89.